The maximum Gasteiger partial charge on any atom is 0.194 e. The van der Waals surface area contributed by atoms with Crippen LogP contribution in [0, 0.1) is 6.92 Å². The van der Waals surface area contributed by atoms with Crippen molar-refractivity contribution >= 4 is 17.3 Å². The van der Waals surface area contributed by atoms with Gasteiger partial charge in [-0.15, -0.1) is 11.3 Å². The molecule has 0 bridgehead atoms. The standard InChI is InChI=1S/C21H32N4OS/c1-7-22-21(23-12-16(3)18-10-8-15(2)9-11-18)25(5)13-19-14-27-20(24-19)17(4)26-6/h8-11,14,16-17H,7,12-13H2,1-6H3,(H,22,23). The van der Waals surface area contributed by atoms with Crippen LogP contribution in [0.1, 0.15) is 54.6 Å². The molecule has 27 heavy (non-hydrogen) atoms. The Morgan fingerprint density at radius 2 is 2.00 bits per heavy atom. The summed E-state index contributed by atoms with van der Waals surface area (Å²) in [7, 11) is 3.76. The van der Waals surface area contributed by atoms with Crippen molar-refractivity contribution in [2.45, 2.75) is 46.3 Å². The van der Waals surface area contributed by atoms with Crippen LogP contribution in [0.5, 0.6) is 0 Å². The summed E-state index contributed by atoms with van der Waals surface area (Å²) in [5, 5.41) is 6.49. The van der Waals surface area contributed by atoms with E-state index >= 15 is 0 Å². The van der Waals surface area contributed by atoms with E-state index in [1.807, 2.05) is 6.92 Å². The SMILES string of the molecule is CCNC(=NCC(C)c1ccc(C)cc1)N(C)Cc1csc(C(C)OC)n1. The number of guanidine groups is 1. The molecule has 0 amide bonds. The summed E-state index contributed by atoms with van der Waals surface area (Å²) in [6.07, 6.45) is 0.0336. The van der Waals surface area contributed by atoms with Gasteiger partial charge in [-0.25, -0.2) is 4.98 Å². The van der Waals surface area contributed by atoms with Crippen LogP contribution in [0.25, 0.3) is 0 Å². The Kier molecular flexibility index (Phi) is 8.25. The predicted octanol–water partition coefficient (Wildman–Crippen LogP) is 4.36. The summed E-state index contributed by atoms with van der Waals surface area (Å²) in [5.41, 5.74) is 3.65. The monoisotopic (exact) mass is 388 g/mol. The number of hydrogen-bond acceptors (Lipinski definition) is 4. The van der Waals surface area contributed by atoms with Crippen molar-refractivity contribution in [3.05, 3.63) is 51.5 Å². The van der Waals surface area contributed by atoms with Crippen molar-refractivity contribution in [3.63, 3.8) is 0 Å². The number of nitrogens with zero attached hydrogens (tertiary/aromatic N) is 3. The molecule has 0 saturated carbocycles. The van der Waals surface area contributed by atoms with E-state index in [9.17, 15) is 0 Å². The molecule has 0 fully saturated rings. The largest absolute Gasteiger partial charge is 0.375 e. The number of ether oxygens (including phenoxy) is 1. The van der Waals surface area contributed by atoms with Gasteiger partial charge in [-0.05, 0) is 26.3 Å². The number of rotatable bonds is 8. The Morgan fingerprint density at radius 3 is 2.63 bits per heavy atom. The third-order valence-electron chi connectivity index (χ3n) is 4.53. The zero-order chi connectivity index (χ0) is 19.8. The molecule has 2 unspecified atom stereocenters. The third-order valence-corrected chi connectivity index (χ3v) is 5.58. The first-order chi connectivity index (χ1) is 12.9. The summed E-state index contributed by atoms with van der Waals surface area (Å²) in [4.78, 5) is 11.7. The lowest BCUT2D eigenvalue weighted by Crippen LogP contribution is -2.38. The average Bonchev–Trinajstić information content (AvgIpc) is 3.13. The van der Waals surface area contributed by atoms with E-state index in [1.54, 1.807) is 18.4 Å². The fraction of sp³-hybridized carbons (Fsp3) is 0.524. The lowest BCUT2D eigenvalue weighted by molar-refractivity contribution is 0.119. The zero-order valence-corrected chi connectivity index (χ0v) is 18.1. The molecule has 6 heteroatoms. The van der Waals surface area contributed by atoms with Gasteiger partial charge in [-0.1, -0.05) is 36.8 Å². The maximum atomic E-state index is 5.35. The Bertz CT molecular complexity index is 726. The Morgan fingerprint density at radius 1 is 1.30 bits per heavy atom. The van der Waals surface area contributed by atoms with Crippen LogP contribution in [0.2, 0.25) is 0 Å². The fourth-order valence-corrected chi connectivity index (χ4v) is 3.54. The third kappa shape index (κ3) is 6.33. The van der Waals surface area contributed by atoms with Gasteiger partial charge in [-0.2, -0.15) is 0 Å². The molecule has 1 heterocycles. The van der Waals surface area contributed by atoms with Crippen molar-refractivity contribution in [3.8, 4) is 0 Å². The van der Waals surface area contributed by atoms with Crippen molar-refractivity contribution in [2.75, 3.05) is 27.2 Å². The number of hydrogen-bond donors (Lipinski definition) is 1. The minimum atomic E-state index is 0.0336. The van der Waals surface area contributed by atoms with E-state index in [1.165, 1.54) is 11.1 Å². The van der Waals surface area contributed by atoms with Crippen LogP contribution in [0.15, 0.2) is 34.6 Å². The van der Waals surface area contributed by atoms with E-state index in [0.29, 0.717) is 5.92 Å². The van der Waals surface area contributed by atoms with E-state index in [2.05, 4.69) is 72.7 Å². The van der Waals surface area contributed by atoms with Gasteiger partial charge in [0.2, 0.25) is 0 Å². The van der Waals surface area contributed by atoms with E-state index in [4.69, 9.17) is 9.73 Å². The molecule has 1 aromatic heterocycles. The fourth-order valence-electron chi connectivity index (χ4n) is 2.69. The summed E-state index contributed by atoms with van der Waals surface area (Å²) in [6.45, 7) is 10.7. The molecule has 0 aliphatic rings. The minimum Gasteiger partial charge on any atom is -0.375 e. The van der Waals surface area contributed by atoms with E-state index in [-0.39, 0.29) is 6.10 Å². The topological polar surface area (TPSA) is 49.8 Å². The molecule has 2 rings (SSSR count). The summed E-state index contributed by atoms with van der Waals surface area (Å²) >= 11 is 1.64. The molecule has 2 aromatic rings. The second kappa shape index (κ2) is 10.4. The number of nitrogens with one attached hydrogen (secondary N) is 1. The quantitative estimate of drug-likeness (QED) is 0.539. The lowest BCUT2D eigenvalue weighted by Gasteiger charge is -2.22. The number of aromatic nitrogens is 1. The smallest absolute Gasteiger partial charge is 0.194 e. The highest BCUT2D eigenvalue weighted by molar-refractivity contribution is 7.09. The number of methoxy groups -OCH3 is 1. The zero-order valence-electron chi connectivity index (χ0n) is 17.3. The van der Waals surface area contributed by atoms with E-state index in [0.717, 1.165) is 36.3 Å². The van der Waals surface area contributed by atoms with Gasteiger partial charge in [0.15, 0.2) is 5.96 Å². The first kappa shape index (κ1) is 21.4. The molecule has 0 aliphatic heterocycles. The molecule has 2 atom stereocenters. The lowest BCUT2D eigenvalue weighted by atomic mass is 10.0. The molecule has 1 aromatic carbocycles. The molecule has 0 saturated heterocycles. The molecule has 148 valence electrons. The van der Waals surface area contributed by atoms with Crippen LogP contribution in [0.4, 0.5) is 0 Å². The van der Waals surface area contributed by atoms with Crippen LogP contribution in [0.3, 0.4) is 0 Å². The minimum absolute atomic E-state index is 0.0336. The van der Waals surface area contributed by atoms with Crippen LogP contribution < -0.4 is 5.32 Å². The van der Waals surface area contributed by atoms with Gasteiger partial charge in [0.25, 0.3) is 0 Å². The molecule has 5 nitrogen and oxygen atoms in total. The van der Waals surface area contributed by atoms with Crippen LogP contribution in [-0.2, 0) is 11.3 Å². The molecule has 0 spiro atoms. The Balaban J connectivity index is 2.02. The summed E-state index contributed by atoms with van der Waals surface area (Å²) in [6, 6.07) is 8.71. The molecular weight excluding hydrogens is 356 g/mol. The van der Waals surface area contributed by atoms with Gasteiger partial charge in [0, 0.05) is 38.5 Å². The Labute approximate surface area is 167 Å². The molecule has 0 aliphatic carbocycles. The van der Waals surface area contributed by atoms with Gasteiger partial charge in [0.05, 0.1) is 12.2 Å². The first-order valence-corrected chi connectivity index (χ1v) is 10.4. The van der Waals surface area contributed by atoms with Crippen molar-refractivity contribution in [2.24, 2.45) is 4.99 Å². The first-order valence-electron chi connectivity index (χ1n) is 9.47. The van der Waals surface area contributed by atoms with Gasteiger partial charge in [-0.3, -0.25) is 4.99 Å². The van der Waals surface area contributed by atoms with Crippen molar-refractivity contribution in [1.82, 2.24) is 15.2 Å². The van der Waals surface area contributed by atoms with Crippen molar-refractivity contribution < 1.29 is 4.74 Å². The van der Waals surface area contributed by atoms with Gasteiger partial charge >= 0.3 is 0 Å². The second-order valence-electron chi connectivity index (χ2n) is 6.92. The summed E-state index contributed by atoms with van der Waals surface area (Å²) in [5.74, 6) is 1.28. The highest BCUT2D eigenvalue weighted by Gasteiger charge is 2.13. The number of aliphatic imine (C=N–C) groups is 1. The molecule has 1 N–H and O–H groups in total. The summed E-state index contributed by atoms with van der Waals surface area (Å²) < 4.78 is 5.35. The van der Waals surface area contributed by atoms with Crippen LogP contribution in [-0.4, -0.2) is 43.1 Å². The number of aryl methyl sites for hydroxylation is 1. The van der Waals surface area contributed by atoms with Crippen LogP contribution >= 0.6 is 11.3 Å². The predicted molar refractivity (Wildman–Crippen MR) is 115 cm³/mol. The normalized spacial score (nSPS) is 14.1. The molecule has 0 radical (unpaired) electrons. The van der Waals surface area contributed by atoms with E-state index < -0.39 is 0 Å². The average molecular weight is 389 g/mol. The molecular formula is C21H32N4OS. The number of benzene rings is 1. The maximum absolute atomic E-state index is 5.35. The highest BCUT2D eigenvalue weighted by atomic mass is 32.1. The number of thiazole rings is 1. The van der Waals surface area contributed by atoms with Gasteiger partial charge in [0.1, 0.15) is 11.1 Å². The Hall–Kier alpha value is -1.92. The highest BCUT2D eigenvalue weighted by Crippen LogP contribution is 2.21. The van der Waals surface area contributed by atoms with Crippen molar-refractivity contribution in [1.29, 1.82) is 0 Å². The second-order valence-corrected chi connectivity index (χ2v) is 7.81. The van der Waals surface area contributed by atoms with Gasteiger partial charge < -0.3 is 15.0 Å².